The minimum atomic E-state index is -0.130. The monoisotopic (exact) mass is 266 g/mol. The standard InChI is InChI=1S/C11H11BrN2O/c12-7-1-2-9-10(5-7)14-11(13-9)6-3-8(15)4-6/h1-2,5-6,8,15H,3-4H2,(H,13,14). The average molecular weight is 267 g/mol. The van der Waals surface area contributed by atoms with Gasteiger partial charge in [0.15, 0.2) is 0 Å². The van der Waals surface area contributed by atoms with Crippen molar-refractivity contribution in [2.24, 2.45) is 0 Å². The number of aromatic amines is 1. The summed E-state index contributed by atoms with van der Waals surface area (Å²) in [5.41, 5.74) is 2.05. The molecule has 0 bridgehead atoms. The molecule has 0 atom stereocenters. The molecule has 15 heavy (non-hydrogen) atoms. The molecule has 1 aliphatic carbocycles. The molecule has 0 saturated heterocycles. The summed E-state index contributed by atoms with van der Waals surface area (Å²) >= 11 is 3.43. The van der Waals surface area contributed by atoms with Crippen molar-refractivity contribution in [1.82, 2.24) is 9.97 Å². The summed E-state index contributed by atoms with van der Waals surface area (Å²) < 4.78 is 1.05. The first-order valence-electron chi connectivity index (χ1n) is 5.05. The molecular formula is C11H11BrN2O. The Balaban J connectivity index is 1.99. The van der Waals surface area contributed by atoms with Crippen molar-refractivity contribution in [3.05, 3.63) is 28.5 Å². The zero-order valence-corrected chi connectivity index (χ0v) is 9.66. The van der Waals surface area contributed by atoms with Gasteiger partial charge in [-0.05, 0) is 31.0 Å². The third-order valence-corrected chi connectivity index (χ3v) is 3.46. The lowest BCUT2D eigenvalue weighted by Gasteiger charge is -2.29. The number of hydrogen-bond donors (Lipinski definition) is 2. The molecule has 1 aromatic carbocycles. The Labute approximate surface area is 95.7 Å². The van der Waals surface area contributed by atoms with Crippen LogP contribution in [-0.4, -0.2) is 21.2 Å². The van der Waals surface area contributed by atoms with Gasteiger partial charge in [-0.25, -0.2) is 4.98 Å². The molecule has 0 radical (unpaired) electrons. The molecular weight excluding hydrogens is 256 g/mol. The Morgan fingerprint density at radius 3 is 2.93 bits per heavy atom. The molecule has 0 aliphatic heterocycles. The number of nitrogens with one attached hydrogen (secondary N) is 1. The first-order chi connectivity index (χ1) is 7.22. The number of aliphatic hydroxyl groups excluding tert-OH is 1. The van der Waals surface area contributed by atoms with Crippen LogP contribution in [0, 0.1) is 0 Å². The number of rotatable bonds is 1. The fraction of sp³-hybridized carbons (Fsp3) is 0.364. The maximum atomic E-state index is 9.25. The highest BCUT2D eigenvalue weighted by Crippen LogP contribution is 2.36. The minimum absolute atomic E-state index is 0.130. The van der Waals surface area contributed by atoms with Crippen LogP contribution >= 0.6 is 15.9 Å². The van der Waals surface area contributed by atoms with Gasteiger partial charge < -0.3 is 10.1 Å². The van der Waals surface area contributed by atoms with E-state index in [0.29, 0.717) is 5.92 Å². The molecule has 0 unspecified atom stereocenters. The van der Waals surface area contributed by atoms with Gasteiger partial charge in [0, 0.05) is 10.4 Å². The van der Waals surface area contributed by atoms with Gasteiger partial charge in [0.05, 0.1) is 17.1 Å². The number of halogens is 1. The van der Waals surface area contributed by atoms with E-state index in [9.17, 15) is 5.11 Å². The summed E-state index contributed by atoms with van der Waals surface area (Å²) in [5, 5.41) is 9.25. The highest BCUT2D eigenvalue weighted by atomic mass is 79.9. The largest absolute Gasteiger partial charge is 0.393 e. The fourth-order valence-corrected chi connectivity index (χ4v) is 2.37. The molecule has 3 nitrogen and oxygen atoms in total. The van der Waals surface area contributed by atoms with Crippen molar-refractivity contribution in [3.8, 4) is 0 Å². The Morgan fingerprint density at radius 1 is 1.40 bits per heavy atom. The van der Waals surface area contributed by atoms with Crippen molar-refractivity contribution in [3.63, 3.8) is 0 Å². The number of hydrogen-bond acceptors (Lipinski definition) is 2. The lowest BCUT2D eigenvalue weighted by molar-refractivity contribution is 0.0720. The first-order valence-corrected chi connectivity index (χ1v) is 5.85. The maximum Gasteiger partial charge on any atom is 0.110 e. The summed E-state index contributed by atoms with van der Waals surface area (Å²) in [6.07, 6.45) is 1.54. The van der Waals surface area contributed by atoms with Crippen LogP contribution in [0.1, 0.15) is 24.6 Å². The second-order valence-electron chi connectivity index (χ2n) is 4.11. The van der Waals surface area contributed by atoms with Crippen LogP contribution in [0.25, 0.3) is 11.0 Å². The van der Waals surface area contributed by atoms with Gasteiger partial charge in [-0.1, -0.05) is 15.9 Å². The topological polar surface area (TPSA) is 48.9 Å². The van der Waals surface area contributed by atoms with E-state index in [1.165, 1.54) is 0 Å². The molecule has 0 amide bonds. The molecule has 2 N–H and O–H groups in total. The molecule has 1 heterocycles. The van der Waals surface area contributed by atoms with E-state index in [-0.39, 0.29) is 6.10 Å². The number of benzene rings is 1. The van der Waals surface area contributed by atoms with Crippen molar-refractivity contribution in [1.29, 1.82) is 0 Å². The van der Waals surface area contributed by atoms with Gasteiger partial charge in [-0.2, -0.15) is 0 Å². The van der Waals surface area contributed by atoms with E-state index in [1.807, 2.05) is 18.2 Å². The Kier molecular flexibility index (Phi) is 2.07. The molecule has 1 saturated carbocycles. The van der Waals surface area contributed by atoms with Crippen molar-refractivity contribution in [2.45, 2.75) is 24.9 Å². The highest BCUT2D eigenvalue weighted by molar-refractivity contribution is 9.10. The van der Waals surface area contributed by atoms with Gasteiger partial charge in [-0.3, -0.25) is 0 Å². The second kappa shape index (κ2) is 3.32. The number of nitrogens with zero attached hydrogens (tertiary/aromatic N) is 1. The molecule has 78 valence electrons. The molecule has 1 aliphatic rings. The Bertz CT molecular complexity index is 502. The molecule has 1 fully saturated rings. The smallest absolute Gasteiger partial charge is 0.110 e. The predicted octanol–water partition coefficient (Wildman–Crippen LogP) is 2.56. The Hall–Kier alpha value is -0.870. The van der Waals surface area contributed by atoms with Gasteiger partial charge in [0.2, 0.25) is 0 Å². The van der Waals surface area contributed by atoms with Crippen LogP contribution in [0.3, 0.4) is 0 Å². The normalized spacial score (nSPS) is 25.5. The summed E-state index contributed by atoms with van der Waals surface area (Å²) in [6.45, 7) is 0. The zero-order chi connectivity index (χ0) is 10.4. The van der Waals surface area contributed by atoms with Crippen LogP contribution in [-0.2, 0) is 0 Å². The highest BCUT2D eigenvalue weighted by Gasteiger charge is 2.30. The molecule has 2 aromatic rings. The van der Waals surface area contributed by atoms with Crippen LogP contribution < -0.4 is 0 Å². The number of H-pyrrole nitrogens is 1. The summed E-state index contributed by atoms with van der Waals surface area (Å²) in [5.74, 6) is 1.42. The van der Waals surface area contributed by atoms with Gasteiger partial charge >= 0.3 is 0 Å². The number of fused-ring (bicyclic) bond motifs is 1. The third kappa shape index (κ3) is 1.58. The summed E-state index contributed by atoms with van der Waals surface area (Å²) in [6, 6.07) is 6.01. The average Bonchev–Trinajstić information content (AvgIpc) is 2.55. The van der Waals surface area contributed by atoms with Crippen LogP contribution in [0.4, 0.5) is 0 Å². The second-order valence-corrected chi connectivity index (χ2v) is 5.02. The van der Waals surface area contributed by atoms with E-state index >= 15 is 0 Å². The van der Waals surface area contributed by atoms with E-state index in [0.717, 1.165) is 34.2 Å². The molecule has 0 spiro atoms. The van der Waals surface area contributed by atoms with E-state index in [1.54, 1.807) is 0 Å². The van der Waals surface area contributed by atoms with Crippen LogP contribution in [0.15, 0.2) is 22.7 Å². The SMILES string of the molecule is OC1CC(c2nc3ccc(Br)cc3[nH]2)C1. The van der Waals surface area contributed by atoms with Crippen molar-refractivity contribution < 1.29 is 5.11 Å². The maximum absolute atomic E-state index is 9.25. The van der Waals surface area contributed by atoms with E-state index < -0.39 is 0 Å². The summed E-state index contributed by atoms with van der Waals surface area (Å²) in [7, 11) is 0. The number of aromatic nitrogens is 2. The quantitative estimate of drug-likeness (QED) is 0.834. The lowest BCUT2D eigenvalue weighted by atomic mass is 9.82. The van der Waals surface area contributed by atoms with Crippen molar-refractivity contribution in [2.75, 3.05) is 0 Å². The van der Waals surface area contributed by atoms with E-state index in [4.69, 9.17) is 0 Å². The molecule has 3 rings (SSSR count). The van der Waals surface area contributed by atoms with Crippen LogP contribution in [0.5, 0.6) is 0 Å². The zero-order valence-electron chi connectivity index (χ0n) is 8.07. The number of aliphatic hydroxyl groups is 1. The van der Waals surface area contributed by atoms with Gasteiger partial charge in [-0.15, -0.1) is 0 Å². The third-order valence-electron chi connectivity index (χ3n) is 2.96. The number of imidazole rings is 1. The summed E-state index contributed by atoms with van der Waals surface area (Å²) in [4.78, 5) is 7.83. The van der Waals surface area contributed by atoms with Gasteiger partial charge in [0.1, 0.15) is 5.82 Å². The van der Waals surface area contributed by atoms with Gasteiger partial charge in [0.25, 0.3) is 0 Å². The predicted molar refractivity (Wildman–Crippen MR) is 61.8 cm³/mol. The lowest BCUT2D eigenvalue weighted by Crippen LogP contribution is -2.27. The van der Waals surface area contributed by atoms with Crippen molar-refractivity contribution >= 4 is 27.0 Å². The molecule has 4 heteroatoms. The fourth-order valence-electron chi connectivity index (χ4n) is 2.01. The minimum Gasteiger partial charge on any atom is -0.393 e. The van der Waals surface area contributed by atoms with E-state index in [2.05, 4.69) is 25.9 Å². The first kappa shape index (κ1) is 9.36. The Morgan fingerprint density at radius 2 is 2.20 bits per heavy atom. The van der Waals surface area contributed by atoms with Crippen LogP contribution in [0.2, 0.25) is 0 Å². The molecule has 1 aromatic heterocycles.